The molecule has 1 N–H and O–H groups in total. The number of ether oxygens (including phenoxy) is 1. The molecule has 1 saturated heterocycles. The summed E-state index contributed by atoms with van der Waals surface area (Å²) >= 11 is 0. The van der Waals surface area contributed by atoms with Gasteiger partial charge in [-0.1, -0.05) is 17.3 Å². The summed E-state index contributed by atoms with van der Waals surface area (Å²) in [5.74, 6) is -0.658. The van der Waals surface area contributed by atoms with Crippen LogP contribution in [0.25, 0.3) is 11.3 Å². The van der Waals surface area contributed by atoms with Gasteiger partial charge >= 0.3 is 0 Å². The van der Waals surface area contributed by atoms with Crippen molar-refractivity contribution in [2.45, 2.75) is 11.8 Å². The minimum absolute atomic E-state index is 0.0148. The highest BCUT2D eigenvalue weighted by Crippen LogP contribution is 2.24. The molecule has 162 valence electrons. The van der Waals surface area contributed by atoms with Crippen molar-refractivity contribution in [1.82, 2.24) is 9.46 Å². The van der Waals surface area contributed by atoms with Gasteiger partial charge in [0.1, 0.15) is 5.82 Å². The summed E-state index contributed by atoms with van der Waals surface area (Å²) < 4.78 is 50.8. The average molecular weight is 445 g/mol. The lowest BCUT2D eigenvalue weighted by molar-refractivity contribution is 0.0730. The quantitative estimate of drug-likeness (QED) is 0.648. The number of hydrogen-bond acceptors (Lipinski definition) is 6. The zero-order chi connectivity index (χ0) is 22.0. The number of halogens is 1. The number of rotatable bonds is 5. The Balaban J connectivity index is 1.45. The number of nitrogens with one attached hydrogen (secondary N) is 1. The molecule has 0 unspecified atom stereocenters. The van der Waals surface area contributed by atoms with Gasteiger partial charge in [0.2, 0.25) is 10.0 Å². The van der Waals surface area contributed by atoms with E-state index in [4.69, 9.17) is 9.26 Å². The number of amides is 1. The van der Waals surface area contributed by atoms with Gasteiger partial charge in [-0.3, -0.25) is 4.79 Å². The van der Waals surface area contributed by atoms with Gasteiger partial charge in [0, 0.05) is 30.4 Å². The van der Waals surface area contributed by atoms with Gasteiger partial charge in [0.15, 0.2) is 11.5 Å². The minimum atomic E-state index is -3.61. The van der Waals surface area contributed by atoms with Crippen LogP contribution in [0.5, 0.6) is 0 Å². The van der Waals surface area contributed by atoms with Crippen LogP contribution in [0.4, 0.5) is 10.1 Å². The molecule has 2 heterocycles. The molecule has 3 aromatic rings. The molecule has 1 aliphatic rings. The van der Waals surface area contributed by atoms with E-state index < -0.39 is 15.9 Å². The molecule has 1 amide bonds. The lowest BCUT2D eigenvalue weighted by Crippen LogP contribution is -2.40. The van der Waals surface area contributed by atoms with Crippen molar-refractivity contribution in [2.24, 2.45) is 0 Å². The van der Waals surface area contributed by atoms with Gasteiger partial charge in [-0.15, -0.1) is 0 Å². The third-order valence-electron chi connectivity index (χ3n) is 4.92. The Hall–Kier alpha value is -3.08. The number of morpholine rings is 1. The van der Waals surface area contributed by atoms with Crippen LogP contribution in [0.3, 0.4) is 0 Å². The highest BCUT2D eigenvalue weighted by molar-refractivity contribution is 7.89. The summed E-state index contributed by atoms with van der Waals surface area (Å²) in [5.41, 5.74) is 1.38. The summed E-state index contributed by atoms with van der Waals surface area (Å²) in [7, 11) is -3.61. The molecule has 0 atom stereocenters. The third kappa shape index (κ3) is 4.50. The minimum Gasteiger partial charge on any atom is -0.379 e. The summed E-state index contributed by atoms with van der Waals surface area (Å²) in [6, 6.07) is 11.9. The van der Waals surface area contributed by atoms with Crippen LogP contribution in [0, 0.1) is 12.7 Å². The maximum Gasteiger partial charge on any atom is 0.277 e. The third-order valence-corrected chi connectivity index (χ3v) is 6.83. The van der Waals surface area contributed by atoms with E-state index in [2.05, 4.69) is 10.5 Å². The molecule has 2 aromatic carbocycles. The van der Waals surface area contributed by atoms with Crippen molar-refractivity contribution >= 4 is 21.6 Å². The second-order valence-corrected chi connectivity index (χ2v) is 8.97. The topological polar surface area (TPSA) is 102 Å². The van der Waals surface area contributed by atoms with Gasteiger partial charge in [0.05, 0.1) is 18.1 Å². The van der Waals surface area contributed by atoms with E-state index in [0.29, 0.717) is 43.1 Å². The Morgan fingerprint density at radius 1 is 1.10 bits per heavy atom. The molecule has 0 spiro atoms. The number of nitrogens with zero attached hydrogens (tertiary/aromatic N) is 2. The second kappa shape index (κ2) is 8.58. The highest BCUT2D eigenvalue weighted by Gasteiger charge is 2.26. The van der Waals surface area contributed by atoms with E-state index in [-0.39, 0.29) is 22.2 Å². The molecule has 31 heavy (non-hydrogen) atoms. The molecule has 1 aliphatic heterocycles. The highest BCUT2D eigenvalue weighted by atomic mass is 32.2. The molecule has 8 nitrogen and oxygen atoms in total. The van der Waals surface area contributed by atoms with Crippen LogP contribution in [0.1, 0.15) is 16.1 Å². The fourth-order valence-corrected chi connectivity index (χ4v) is 4.51. The number of sulfonamides is 1. The van der Waals surface area contributed by atoms with Crippen LogP contribution in [0.2, 0.25) is 0 Å². The zero-order valence-electron chi connectivity index (χ0n) is 16.7. The van der Waals surface area contributed by atoms with E-state index in [1.807, 2.05) is 0 Å². The number of carbonyl (C=O) groups is 1. The van der Waals surface area contributed by atoms with E-state index in [1.165, 1.54) is 40.7 Å². The van der Waals surface area contributed by atoms with E-state index in [1.54, 1.807) is 19.1 Å². The number of aromatic nitrogens is 1. The van der Waals surface area contributed by atoms with Crippen molar-refractivity contribution in [2.75, 3.05) is 31.6 Å². The summed E-state index contributed by atoms with van der Waals surface area (Å²) in [6.45, 7) is 2.99. The predicted molar refractivity (Wildman–Crippen MR) is 111 cm³/mol. The molecule has 0 aliphatic carbocycles. The molecular weight excluding hydrogens is 425 g/mol. The summed E-state index contributed by atoms with van der Waals surface area (Å²) in [5, 5.41) is 6.37. The Kier molecular flexibility index (Phi) is 5.86. The van der Waals surface area contributed by atoms with Crippen molar-refractivity contribution in [3.63, 3.8) is 0 Å². The Labute approximate surface area is 178 Å². The largest absolute Gasteiger partial charge is 0.379 e. The summed E-state index contributed by atoms with van der Waals surface area (Å²) in [6.07, 6.45) is 0. The average Bonchev–Trinajstić information content (AvgIpc) is 3.27. The van der Waals surface area contributed by atoms with E-state index in [0.717, 1.165) is 0 Å². The number of carbonyl (C=O) groups excluding carboxylic acids is 1. The zero-order valence-corrected chi connectivity index (χ0v) is 17.5. The fourth-order valence-electron chi connectivity index (χ4n) is 3.11. The van der Waals surface area contributed by atoms with Crippen LogP contribution in [-0.2, 0) is 14.8 Å². The van der Waals surface area contributed by atoms with Gasteiger partial charge in [-0.25, -0.2) is 12.8 Å². The Bertz CT molecular complexity index is 1200. The molecule has 10 heteroatoms. The first-order valence-corrected chi connectivity index (χ1v) is 11.0. The maximum absolute atomic E-state index is 13.8. The lowest BCUT2D eigenvalue weighted by Gasteiger charge is -2.26. The molecule has 0 radical (unpaired) electrons. The molecular formula is C21H20FN3O5S. The van der Waals surface area contributed by atoms with E-state index in [9.17, 15) is 17.6 Å². The van der Waals surface area contributed by atoms with Crippen molar-refractivity contribution in [3.8, 4) is 11.3 Å². The van der Waals surface area contributed by atoms with Gasteiger partial charge in [-0.05, 0) is 42.8 Å². The second-order valence-electron chi connectivity index (χ2n) is 7.04. The Morgan fingerprint density at radius 2 is 1.81 bits per heavy atom. The number of benzene rings is 2. The standard InChI is InChI=1S/C21H20FN3O5S/c1-14-2-3-15(12-18(14)22)20-13-19(24-30-20)21(26)23-16-4-6-17(7-5-16)31(27,28)25-8-10-29-11-9-25/h2-7,12-13H,8-11H2,1H3,(H,23,26). The smallest absolute Gasteiger partial charge is 0.277 e. The van der Waals surface area contributed by atoms with E-state index >= 15 is 0 Å². The first-order chi connectivity index (χ1) is 14.8. The predicted octanol–water partition coefficient (Wildman–Crippen LogP) is 3.06. The fraction of sp³-hybridized carbons (Fsp3) is 0.238. The number of aryl methyl sites for hydroxylation is 1. The number of hydrogen-bond donors (Lipinski definition) is 1. The van der Waals surface area contributed by atoms with Gasteiger partial charge < -0.3 is 14.6 Å². The maximum atomic E-state index is 13.8. The van der Waals surface area contributed by atoms with Crippen LogP contribution < -0.4 is 5.32 Å². The molecule has 1 fully saturated rings. The van der Waals surface area contributed by atoms with Crippen LogP contribution in [-0.4, -0.2) is 50.1 Å². The lowest BCUT2D eigenvalue weighted by atomic mass is 10.1. The summed E-state index contributed by atoms with van der Waals surface area (Å²) in [4.78, 5) is 12.6. The van der Waals surface area contributed by atoms with Crippen LogP contribution in [0.15, 0.2) is 57.9 Å². The van der Waals surface area contributed by atoms with Gasteiger partial charge in [0.25, 0.3) is 5.91 Å². The molecule has 0 bridgehead atoms. The molecule has 4 rings (SSSR count). The van der Waals surface area contributed by atoms with Gasteiger partial charge in [-0.2, -0.15) is 4.31 Å². The monoisotopic (exact) mass is 445 g/mol. The SMILES string of the molecule is Cc1ccc(-c2cc(C(=O)Nc3ccc(S(=O)(=O)N4CCOCC4)cc3)no2)cc1F. The molecule has 1 aromatic heterocycles. The van der Waals surface area contributed by atoms with Crippen LogP contribution >= 0.6 is 0 Å². The molecule has 0 saturated carbocycles. The van der Waals surface area contributed by atoms with Crippen molar-refractivity contribution < 1.29 is 26.9 Å². The first kappa shape index (κ1) is 21.2. The van der Waals surface area contributed by atoms with Crippen molar-refractivity contribution in [1.29, 1.82) is 0 Å². The Morgan fingerprint density at radius 3 is 2.48 bits per heavy atom. The van der Waals surface area contributed by atoms with Crippen molar-refractivity contribution in [3.05, 3.63) is 65.6 Å². The normalized spacial score (nSPS) is 15.0. The number of anilines is 1. The first-order valence-electron chi connectivity index (χ1n) is 9.57.